The average molecular weight is 412 g/mol. The van der Waals surface area contributed by atoms with Crippen molar-refractivity contribution in [3.05, 3.63) is 22.9 Å². The molecular formula is C19H29N3O5S. The van der Waals surface area contributed by atoms with Crippen LogP contribution in [0.15, 0.2) is 22.9 Å². The molecule has 156 valence electrons. The molecule has 1 amide bonds. The smallest absolute Gasteiger partial charge is 0.353 e. The zero-order valence-electron chi connectivity index (χ0n) is 16.6. The third-order valence-corrected chi connectivity index (χ3v) is 7.39. The Morgan fingerprint density at radius 2 is 2.00 bits per heavy atom. The Hall–Kier alpha value is -1.55. The Labute approximate surface area is 169 Å². The Kier molecular flexibility index (Phi) is 6.09. The van der Waals surface area contributed by atoms with Gasteiger partial charge in [-0.1, -0.05) is 13.0 Å². The zero-order chi connectivity index (χ0) is 20.7. The van der Waals surface area contributed by atoms with Crippen LogP contribution in [0.2, 0.25) is 0 Å². The third-order valence-electron chi connectivity index (χ3n) is 5.85. The van der Waals surface area contributed by atoms with Crippen molar-refractivity contribution in [1.29, 1.82) is 0 Å². The molecule has 3 aliphatic rings. The summed E-state index contributed by atoms with van der Waals surface area (Å²) in [5, 5.41) is 29.0. The van der Waals surface area contributed by atoms with Gasteiger partial charge in [0, 0.05) is 42.8 Å². The number of fused-ring (bicyclic) bond motifs is 1. The highest BCUT2D eigenvalue weighted by Gasteiger charge is 2.61. The van der Waals surface area contributed by atoms with E-state index in [0.717, 1.165) is 19.4 Å². The van der Waals surface area contributed by atoms with Crippen LogP contribution in [-0.2, 0) is 9.59 Å². The van der Waals surface area contributed by atoms with Crippen molar-refractivity contribution in [2.75, 3.05) is 27.7 Å². The number of carbonyl (C=O) groups is 2. The summed E-state index contributed by atoms with van der Waals surface area (Å²) in [5.41, 5.74) is 0.0154. The van der Waals surface area contributed by atoms with E-state index in [4.69, 9.17) is 0 Å². The van der Waals surface area contributed by atoms with E-state index in [2.05, 4.69) is 24.2 Å². The minimum atomic E-state index is -1.76. The van der Waals surface area contributed by atoms with Crippen LogP contribution in [-0.4, -0.2) is 93.2 Å². The fraction of sp³-hybridized carbons (Fsp3) is 0.684. The van der Waals surface area contributed by atoms with E-state index >= 15 is 0 Å². The van der Waals surface area contributed by atoms with Gasteiger partial charge in [0.1, 0.15) is 11.6 Å². The molecule has 5 atom stereocenters. The molecule has 3 heterocycles. The van der Waals surface area contributed by atoms with Gasteiger partial charge >= 0.3 is 5.97 Å². The molecule has 0 radical (unpaired) electrons. The number of aliphatic hydroxyl groups is 2. The molecule has 0 bridgehead atoms. The van der Waals surface area contributed by atoms with Crippen LogP contribution in [0, 0.1) is 11.8 Å². The van der Waals surface area contributed by atoms with Crippen LogP contribution in [0.1, 0.15) is 19.8 Å². The van der Waals surface area contributed by atoms with Crippen LogP contribution in [0.5, 0.6) is 0 Å². The molecule has 3 rings (SSSR count). The number of hydrogen-bond donors (Lipinski definition) is 3. The zero-order valence-corrected chi connectivity index (χ0v) is 17.5. The molecular weight excluding hydrogens is 382 g/mol. The molecule has 2 fully saturated rings. The molecule has 9 heteroatoms. The maximum Gasteiger partial charge on any atom is 0.353 e. The van der Waals surface area contributed by atoms with Crippen molar-refractivity contribution in [3.63, 3.8) is 0 Å². The van der Waals surface area contributed by atoms with Crippen LogP contribution in [0.25, 0.3) is 0 Å². The number of amides is 1. The average Bonchev–Trinajstić information content (AvgIpc) is 2.83. The van der Waals surface area contributed by atoms with Gasteiger partial charge in [0.25, 0.3) is 0 Å². The topological polar surface area (TPSA) is 105 Å². The molecule has 8 nitrogen and oxygen atoms in total. The van der Waals surface area contributed by atoms with Crippen molar-refractivity contribution >= 4 is 23.6 Å². The normalized spacial score (nSPS) is 33.6. The summed E-state index contributed by atoms with van der Waals surface area (Å²) >= 11 is 1.53. The van der Waals surface area contributed by atoms with Crippen molar-refractivity contribution in [2.24, 2.45) is 11.8 Å². The monoisotopic (exact) mass is 411 g/mol. The van der Waals surface area contributed by atoms with Crippen molar-refractivity contribution in [3.8, 4) is 0 Å². The number of carboxylic acid groups (broad SMARTS) is 1. The lowest BCUT2D eigenvalue weighted by molar-refractivity contribution is -0.184. The first-order valence-corrected chi connectivity index (χ1v) is 10.4. The number of piperidine rings is 1. The molecule has 0 aromatic carbocycles. The number of likely N-dealkylation sites (N-methyl/N-ethyl adjacent to an activating group) is 1. The highest BCUT2D eigenvalue weighted by atomic mass is 32.2. The van der Waals surface area contributed by atoms with Gasteiger partial charge in [0.2, 0.25) is 5.91 Å². The second kappa shape index (κ2) is 8.06. The molecule has 0 aliphatic carbocycles. The number of nitrogens with zero attached hydrogens (tertiary/aromatic N) is 3. The molecule has 0 aromatic rings. The maximum atomic E-state index is 12.3. The van der Waals surface area contributed by atoms with E-state index in [0.29, 0.717) is 10.9 Å². The van der Waals surface area contributed by atoms with Gasteiger partial charge in [-0.2, -0.15) is 0 Å². The Balaban J connectivity index is 1.73. The number of aliphatic carboxylic acids is 1. The van der Waals surface area contributed by atoms with Crippen LogP contribution in [0.4, 0.5) is 0 Å². The molecule has 28 heavy (non-hydrogen) atoms. The second-order valence-corrected chi connectivity index (χ2v) is 9.42. The van der Waals surface area contributed by atoms with Crippen molar-refractivity contribution in [2.45, 2.75) is 43.4 Å². The first-order chi connectivity index (χ1) is 13.1. The molecule has 0 saturated carbocycles. The van der Waals surface area contributed by atoms with Crippen molar-refractivity contribution < 1.29 is 24.9 Å². The van der Waals surface area contributed by atoms with E-state index in [9.17, 15) is 24.9 Å². The minimum absolute atomic E-state index is 0.0154. The molecule has 2 saturated heterocycles. The van der Waals surface area contributed by atoms with Crippen LogP contribution >= 0.6 is 11.8 Å². The van der Waals surface area contributed by atoms with Crippen LogP contribution < -0.4 is 0 Å². The summed E-state index contributed by atoms with van der Waals surface area (Å²) < 4.78 is 0. The SMILES string of the molecule is C[C@H]1C(SC2CCC(/C=C/N(C)C)N(C)C2)=C(C(=O)O)N2C(=O)[C@H](C(O)O)[C@H]12. The minimum Gasteiger partial charge on any atom is -0.477 e. The Morgan fingerprint density at radius 3 is 2.54 bits per heavy atom. The summed E-state index contributed by atoms with van der Waals surface area (Å²) in [7, 11) is 6.04. The summed E-state index contributed by atoms with van der Waals surface area (Å²) in [4.78, 5) is 30.3. The van der Waals surface area contributed by atoms with Gasteiger partial charge in [-0.3, -0.25) is 9.69 Å². The highest BCUT2D eigenvalue weighted by Crippen LogP contribution is 2.51. The Morgan fingerprint density at radius 1 is 1.32 bits per heavy atom. The van der Waals surface area contributed by atoms with E-state index in [1.807, 2.05) is 25.9 Å². The summed E-state index contributed by atoms with van der Waals surface area (Å²) in [6.45, 7) is 2.69. The van der Waals surface area contributed by atoms with Gasteiger partial charge in [-0.25, -0.2) is 4.79 Å². The lowest BCUT2D eigenvalue weighted by atomic mass is 9.82. The molecule has 3 aliphatic heterocycles. The third kappa shape index (κ3) is 3.68. The highest BCUT2D eigenvalue weighted by molar-refractivity contribution is 8.03. The second-order valence-electron chi connectivity index (χ2n) is 8.07. The van der Waals surface area contributed by atoms with Crippen molar-refractivity contribution in [1.82, 2.24) is 14.7 Å². The summed E-state index contributed by atoms with van der Waals surface area (Å²) in [5.74, 6) is -2.82. The lowest BCUT2D eigenvalue weighted by Crippen LogP contribution is -2.64. The number of likely N-dealkylation sites (tertiary alicyclic amines) is 1. The molecule has 0 spiro atoms. The molecule has 2 unspecified atom stereocenters. The summed E-state index contributed by atoms with van der Waals surface area (Å²) in [6, 6.07) is -0.137. The summed E-state index contributed by atoms with van der Waals surface area (Å²) in [6.07, 6.45) is 4.40. The van der Waals surface area contributed by atoms with E-state index < -0.39 is 30.1 Å². The maximum absolute atomic E-state index is 12.3. The number of rotatable bonds is 6. The van der Waals surface area contributed by atoms with Gasteiger partial charge < -0.3 is 25.1 Å². The lowest BCUT2D eigenvalue weighted by Gasteiger charge is -2.45. The van der Waals surface area contributed by atoms with Gasteiger partial charge in [-0.05, 0) is 26.1 Å². The first kappa shape index (κ1) is 21.2. The van der Waals surface area contributed by atoms with Gasteiger partial charge in [0.05, 0.1) is 6.04 Å². The molecule has 0 aromatic heterocycles. The predicted octanol–water partition coefficient (Wildman–Crippen LogP) is 0.341. The number of hydrogen-bond acceptors (Lipinski definition) is 7. The standard InChI is InChI=1S/C19H29N3O5S/c1-10-14-13(18(24)25)17(23)22(14)15(19(26)27)16(10)28-12-6-5-11(21(4)9-12)7-8-20(2)3/h7-8,10-14,18,24-25H,5-6,9H2,1-4H3,(H,26,27)/b8-7+/t10-,11?,12?,13-,14+/m1/s1. The number of aliphatic hydroxyl groups excluding tert-OH is 1. The van der Waals surface area contributed by atoms with E-state index in [1.165, 1.54) is 16.7 Å². The predicted molar refractivity (Wildman–Crippen MR) is 106 cm³/mol. The number of carbonyl (C=O) groups excluding carboxylic acids is 1. The largest absolute Gasteiger partial charge is 0.477 e. The first-order valence-electron chi connectivity index (χ1n) is 9.51. The quantitative estimate of drug-likeness (QED) is 0.425. The Bertz CT molecular complexity index is 708. The fourth-order valence-corrected chi connectivity index (χ4v) is 5.98. The van der Waals surface area contributed by atoms with E-state index in [-0.39, 0.29) is 16.9 Å². The van der Waals surface area contributed by atoms with E-state index in [1.54, 1.807) is 0 Å². The number of β-lactam (4-membered cyclic amide) rings is 1. The number of carboxylic acids is 1. The van der Waals surface area contributed by atoms with Gasteiger partial charge in [0.15, 0.2) is 6.29 Å². The number of thioether (sulfide) groups is 1. The van der Waals surface area contributed by atoms with Gasteiger partial charge in [-0.15, -0.1) is 11.8 Å². The van der Waals surface area contributed by atoms with Crippen LogP contribution in [0.3, 0.4) is 0 Å². The fourth-order valence-electron chi connectivity index (χ4n) is 4.41. The molecule has 3 N–H and O–H groups in total.